The molecule has 28 heavy (non-hydrogen) atoms. The second-order valence-electron chi connectivity index (χ2n) is 7.45. The molecule has 2 atom stereocenters. The molecule has 1 aromatic heterocycles. The fourth-order valence-electron chi connectivity index (χ4n) is 4.27. The lowest BCUT2D eigenvalue weighted by atomic mass is 9.89. The average Bonchev–Trinajstić information content (AvgIpc) is 3.01. The van der Waals surface area contributed by atoms with E-state index in [1.165, 1.54) is 12.1 Å². The maximum absolute atomic E-state index is 12.8. The van der Waals surface area contributed by atoms with Crippen LogP contribution in [0.25, 0.3) is 22.3 Å². The van der Waals surface area contributed by atoms with Gasteiger partial charge in [0.25, 0.3) is 0 Å². The molecule has 146 valence electrons. The largest absolute Gasteiger partial charge is 0.507 e. The Bertz CT molecular complexity index is 1100. The van der Waals surface area contributed by atoms with E-state index in [0.717, 1.165) is 17.7 Å². The summed E-state index contributed by atoms with van der Waals surface area (Å²) < 4.78 is 6.12. The van der Waals surface area contributed by atoms with Gasteiger partial charge < -0.3 is 24.6 Å². The van der Waals surface area contributed by atoms with Crippen LogP contribution in [-0.2, 0) is 0 Å². The molecule has 3 aromatic rings. The molecule has 4 rings (SSSR count). The number of hydrogen-bond donors (Lipinski definition) is 3. The van der Waals surface area contributed by atoms with Crippen molar-refractivity contribution < 1.29 is 19.7 Å². The Labute approximate surface area is 162 Å². The van der Waals surface area contributed by atoms with Crippen LogP contribution in [0.2, 0.25) is 0 Å². The van der Waals surface area contributed by atoms with Crippen molar-refractivity contribution in [3.05, 3.63) is 57.7 Å². The van der Waals surface area contributed by atoms with Gasteiger partial charge in [-0.1, -0.05) is 24.3 Å². The lowest BCUT2D eigenvalue weighted by Crippen LogP contribution is -2.32. The van der Waals surface area contributed by atoms with Gasteiger partial charge in [0.05, 0.1) is 6.61 Å². The number of aliphatic hydroxyl groups is 1. The maximum Gasteiger partial charge on any atom is 0.197 e. The van der Waals surface area contributed by atoms with Crippen LogP contribution in [-0.4, -0.2) is 46.5 Å². The topological polar surface area (TPSA) is 94.1 Å². The molecule has 0 radical (unpaired) electrons. The number of fused-ring (bicyclic) bond motifs is 1. The summed E-state index contributed by atoms with van der Waals surface area (Å²) in [5.74, 6) is -0.274. The third kappa shape index (κ3) is 2.85. The molecule has 3 N–H and O–H groups in total. The number of likely N-dealkylation sites (N-methyl/N-ethyl adjacent to an activating group) is 1. The van der Waals surface area contributed by atoms with Gasteiger partial charge in [-0.25, -0.2) is 0 Å². The Kier molecular flexibility index (Phi) is 4.61. The van der Waals surface area contributed by atoms with Gasteiger partial charge in [-0.05, 0) is 32.5 Å². The van der Waals surface area contributed by atoms with Crippen molar-refractivity contribution in [2.45, 2.75) is 25.3 Å². The molecule has 2 aromatic carbocycles. The highest BCUT2D eigenvalue weighted by atomic mass is 16.3. The van der Waals surface area contributed by atoms with Gasteiger partial charge >= 0.3 is 0 Å². The lowest BCUT2D eigenvalue weighted by molar-refractivity contribution is 0.172. The predicted octanol–water partition coefficient (Wildman–Crippen LogP) is 2.96. The smallest absolute Gasteiger partial charge is 0.197 e. The first-order valence-corrected chi connectivity index (χ1v) is 9.32. The average molecular weight is 381 g/mol. The minimum absolute atomic E-state index is 0.0522. The number of likely N-dealkylation sites (tertiary alicyclic amines) is 1. The summed E-state index contributed by atoms with van der Waals surface area (Å²) in [6.45, 7) is 2.60. The Hall–Kier alpha value is -2.83. The molecule has 6 nitrogen and oxygen atoms in total. The molecular weight excluding hydrogens is 358 g/mol. The summed E-state index contributed by atoms with van der Waals surface area (Å²) >= 11 is 0. The number of benzene rings is 2. The number of aryl methyl sites for hydroxylation is 1. The van der Waals surface area contributed by atoms with Gasteiger partial charge in [0.1, 0.15) is 28.2 Å². The molecule has 6 heteroatoms. The number of phenolic OH excluding ortho intramolecular Hbond substituents is 2. The standard InChI is InChI=1S/C22H23NO5/c1-12-5-3-4-6-13(12)19-10-18(27)21-17(26)9-16(25)20(22(21)28-19)14-7-8-23(2)15(14)11-24/h3-6,9-10,14-15,24-26H,7-8,11H2,1-2H3/t14-,15+/m1/s1. The Balaban J connectivity index is 2.03. The highest BCUT2D eigenvalue weighted by molar-refractivity contribution is 5.90. The van der Waals surface area contributed by atoms with Crippen LogP contribution in [0.4, 0.5) is 0 Å². The van der Waals surface area contributed by atoms with Crippen molar-refractivity contribution in [1.82, 2.24) is 4.90 Å². The van der Waals surface area contributed by atoms with E-state index in [1.54, 1.807) is 0 Å². The summed E-state index contributed by atoms with van der Waals surface area (Å²) in [5, 5.41) is 30.8. The van der Waals surface area contributed by atoms with Crippen LogP contribution >= 0.6 is 0 Å². The van der Waals surface area contributed by atoms with Crippen molar-refractivity contribution in [3.8, 4) is 22.8 Å². The van der Waals surface area contributed by atoms with E-state index in [4.69, 9.17) is 4.42 Å². The van der Waals surface area contributed by atoms with E-state index < -0.39 is 0 Å². The summed E-state index contributed by atoms with van der Waals surface area (Å²) in [5.41, 5.74) is 2.00. The van der Waals surface area contributed by atoms with Gasteiger partial charge in [-0.15, -0.1) is 0 Å². The van der Waals surface area contributed by atoms with Crippen molar-refractivity contribution in [1.29, 1.82) is 0 Å². The minimum atomic E-state index is -0.370. The van der Waals surface area contributed by atoms with Crippen LogP contribution in [0.15, 0.2) is 45.6 Å². The fourth-order valence-corrected chi connectivity index (χ4v) is 4.27. The first kappa shape index (κ1) is 18.5. The number of phenols is 2. The second-order valence-corrected chi connectivity index (χ2v) is 7.45. The second kappa shape index (κ2) is 6.96. The highest BCUT2D eigenvalue weighted by Gasteiger charge is 2.36. The van der Waals surface area contributed by atoms with E-state index in [9.17, 15) is 20.1 Å². The van der Waals surface area contributed by atoms with Gasteiger partial charge in [-0.3, -0.25) is 4.79 Å². The third-order valence-electron chi connectivity index (χ3n) is 5.79. The van der Waals surface area contributed by atoms with Crippen molar-refractivity contribution in [3.63, 3.8) is 0 Å². The number of rotatable bonds is 3. The number of hydrogen-bond acceptors (Lipinski definition) is 6. The highest BCUT2D eigenvalue weighted by Crippen LogP contribution is 2.44. The SMILES string of the molecule is Cc1ccccc1-c1cc(=O)c2c(O)cc(O)c([C@@H]3CCN(C)[C@H]3CO)c2o1. The summed E-state index contributed by atoms with van der Waals surface area (Å²) in [4.78, 5) is 14.9. The third-order valence-corrected chi connectivity index (χ3v) is 5.79. The zero-order valence-electron chi connectivity index (χ0n) is 15.8. The number of aliphatic hydroxyl groups excluding tert-OH is 1. The first-order chi connectivity index (χ1) is 13.4. The van der Waals surface area contributed by atoms with Crippen LogP contribution < -0.4 is 5.43 Å². The zero-order valence-corrected chi connectivity index (χ0v) is 15.8. The Morgan fingerprint density at radius 2 is 1.93 bits per heavy atom. The molecule has 1 aliphatic rings. The van der Waals surface area contributed by atoms with E-state index >= 15 is 0 Å². The van der Waals surface area contributed by atoms with Crippen LogP contribution in [0.1, 0.15) is 23.5 Å². The monoisotopic (exact) mass is 381 g/mol. The van der Waals surface area contributed by atoms with Gasteiger partial charge in [0.2, 0.25) is 0 Å². The number of nitrogens with zero attached hydrogens (tertiary/aromatic N) is 1. The Morgan fingerprint density at radius 3 is 2.64 bits per heavy atom. The molecule has 0 bridgehead atoms. The van der Waals surface area contributed by atoms with Crippen LogP contribution in [0.5, 0.6) is 11.5 Å². The van der Waals surface area contributed by atoms with Crippen LogP contribution in [0.3, 0.4) is 0 Å². The fraction of sp³-hybridized carbons (Fsp3) is 0.318. The quantitative estimate of drug-likeness (QED) is 0.646. The molecule has 2 heterocycles. The van der Waals surface area contributed by atoms with E-state index in [0.29, 0.717) is 17.7 Å². The Morgan fingerprint density at radius 1 is 1.18 bits per heavy atom. The molecule has 0 saturated carbocycles. The molecule has 1 saturated heterocycles. The van der Waals surface area contributed by atoms with E-state index in [2.05, 4.69) is 0 Å². The summed E-state index contributed by atoms with van der Waals surface area (Å²) in [7, 11) is 1.91. The zero-order chi connectivity index (χ0) is 20.0. The molecular formula is C22H23NO5. The summed E-state index contributed by atoms with van der Waals surface area (Å²) in [6.07, 6.45) is 0.702. The molecule has 0 aliphatic carbocycles. The van der Waals surface area contributed by atoms with E-state index in [1.807, 2.05) is 43.1 Å². The van der Waals surface area contributed by atoms with Crippen LogP contribution in [0, 0.1) is 6.92 Å². The van der Waals surface area contributed by atoms with Gasteiger partial charge in [0.15, 0.2) is 5.43 Å². The molecule has 0 unspecified atom stereocenters. The van der Waals surface area contributed by atoms with Crippen molar-refractivity contribution in [2.24, 2.45) is 0 Å². The summed E-state index contributed by atoms with van der Waals surface area (Å²) in [6, 6.07) is 9.91. The molecule has 0 spiro atoms. The number of aromatic hydroxyl groups is 2. The molecule has 1 fully saturated rings. The predicted molar refractivity (Wildman–Crippen MR) is 107 cm³/mol. The van der Waals surface area contributed by atoms with Gasteiger partial charge in [-0.2, -0.15) is 0 Å². The van der Waals surface area contributed by atoms with Crippen molar-refractivity contribution >= 4 is 11.0 Å². The van der Waals surface area contributed by atoms with Gasteiger partial charge in [0, 0.05) is 35.2 Å². The maximum atomic E-state index is 12.8. The minimum Gasteiger partial charge on any atom is -0.507 e. The first-order valence-electron chi connectivity index (χ1n) is 9.32. The normalized spacial score (nSPS) is 20.1. The molecule has 0 amide bonds. The van der Waals surface area contributed by atoms with Crippen molar-refractivity contribution in [2.75, 3.05) is 20.2 Å². The lowest BCUT2D eigenvalue weighted by Gasteiger charge is -2.24. The molecule has 1 aliphatic heterocycles. The van der Waals surface area contributed by atoms with E-state index in [-0.39, 0.29) is 46.5 Å².